The van der Waals surface area contributed by atoms with Gasteiger partial charge in [-0.15, -0.1) is 0 Å². The van der Waals surface area contributed by atoms with Crippen LogP contribution < -0.4 is 10.2 Å². The predicted molar refractivity (Wildman–Crippen MR) is 85.3 cm³/mol. The van der Waals surface area contributed by atoms with E-state index in [0.717, 1.165) is 10.5 Å². The van der Waals surface area contributed by atoms with Gasteiger partial charge in [-0.05, 0) is 23.8 Å². The van der Waals surface area contributed by atoms with Crippen LogP contribution >= 0.6 is 11.6 Å². The van der Waals surface area contributed by atoms with Gasteiger partial charge in [-0.1, -0.05) is 48.0 Å². The second kappa shape index (κ2) is 6.03. The summed E-state index contributed by atoms with van der Waals surface area (Å²) in [7, 11) is 0. The van der Waals surface area contributed by atoms with Crippen molar-refractivity contribution in [1.29, 1.82) is 0 Å². The number of anilines is 1. The number of carbonyl (C=O) groups is 2. The fraction of sp³-hybridized carbons (Fsp3) is 0.0588. The summed E-state index contributed by atoms with van der Waals surface area (Å²) in [6, 6.07) is 16.2. The zero-order valence-electron chi connectivity index (χ0n) is 11.6. The van der Waals surface area contributed by atoms with Crippen molar-refractivity contribution < 1.29 is 9.59 Å². The largest absolute Gasteiger partial charge is 0.376 e. The number of amides is 2. The smallest absolute Gasteiger partial charge is 0.281 e. The lowest BCUT2D eigenvalue weighted by Crippen LogP contribution is -2.33. The monoisotopic (exact) mass is 312 g/mol. The molecular weight excluding hydrogens is 300 g/mol. The van der Waals surface area contributed by atoms with Gasteiger partial charge in [0.2, 0.25) is 0 Å². The van der Waals surface area contributed by atoms with Crippen LogP contribution in [0, 0.1) is 0 Å². The first kappa shape index (κ1) is 14.4. The fourth-order valence-electron chi connectivity index (χ4n) is 2.25. The highest BCUT2D eigenvalue weighted by molar-refractivity contribution is 6.31. The average Bonchev–Trinajstić information content (AvgIpc) is 2.81. The highest BCUT2D eigenvalue weighted by Crippen LogP contribution is 2.21. The van der Waals surface area contributed by atoms with E-state index in [2.05, 4.69) is 5.32 Å². The minimum Gasteiger partial charge on any atom is -0.376 e. The van der Waals surface area contributed by atoms with Crippen LogP contribution in [-0.4, -0.2) is 11.8 Å². The lowest BCUT2D eigenvalue weighted by Gasteiger charge is -2.15. The normalized spacial score (nSPS) is 14.2. The minimum atomic E-state index is -0.358. The van der Waals surface area contributed by atoms with Crippen LogP contribution in [-0.2, 0) is 16.1 Å². The second-order valence-electron chi connectivity index (χ2n) is 4.82. The molecule has 1 aliphatic rings. The summed E-state index contributed by atoms with van der Waals surface area (Å²) in [5.41, 5.74) is 1.69. The van der Waals surface area contributed by atoms with Gasteiger partial charge in [0.1, 0.15) is 5.70 Å². The molecule has 0 aromatic heterocycles. The van der Waals surface area contributed by atoms with E-state index in [9.17, 15) is 9.59 Å². The Kier molecular flexibility index (Phi) is 3.94. The molecule has 0 saturated heterocycles. The van der Waals surface area contributed by atoms with Crippen molar-refractivity contribution in [3.63, 3.8) is 0 Å². The molecule has 0 aliphatic carbocycles. The van der Waals surface area contributed by atoms with Crippen LogP contribution in [0.15, 0.2) is 66.4 Å². The van der Waals surface area contributed by atoms with Crippen LogP contribution in [0.5, 0.6) is 0 Å². The summed E-state index contributed by atoms with van der Waals surface area (Å²) in [6.45, 7) is 0.382. The number of nitrogens with one attached hydrogen (secondary N) is 1. The van der Waals surface area contributed by atoms with Gasteiger partial charge in [-0.2, -0.15) is 0 Å². The van der Waals surface area contributed by atoms with E-state index in [1.807, 2.05) is 24.3 Å². The third-order valence-corrected chi connectivity index (χ3v) is 3.73. The van der Waals surface area contributed by atoms with Crippen LogP contribution in [0.25, 0.3) is 0 Å². The van der Waals surface area contributed by atoms with Crippen molar-refractivity contribution in [2.45, 2.75) is 6.54 Å². The maximum Gasteiger partial charge on any atom is 0.281 e. The number of benzene rings is 2. The molecule has 0 saturated carbocycles. The average molecular weight is 313 g/mol. The van der Waals surface area contributed by atoms with Crippen LogP contribution in [0.1, 0.15) is 5.56 Å². The summed E-state index contributed by atoms with van der Waals surface area (Å²) in [4.78, 5) is 25.5. The Labute approximate surface area is 133 Å². The van der Waals surface area contributed by atoms with Gasteiger partial charge in [0.15, 0.2) is 0 Å². The third-order valence-electron chi connectivity index (χ3n) is 3.36. The number of carbonyl (C=O) groups excluding carboxylic acids is 2. The zero-order chi connectivity index (χ0) is 15.5. The summed E-state index contributed by atoms with van der Waals surface area (Å²) in [5.74, 6) is -0.707. The molecule has 110 valence electrons. The molecule has 0 unspecified atom stereocenters. The van der Waals surface area contributed by atoms with Crippen molar-refractivity contribution in [2.75, 3.05) is 4.90 Å². The maximum absolute atomic E-state index is 12.4. The molecule has 2 aromatic rings. The molecule has 5 heteroatoms. The van der Waals surface area contributed by atoms with Gasteiger partial charge in [-0.3, -0.25) is 9.59 Å². The van der Waals surface area contributed by atoms with Crippen molar-refractivity contribution in [3.8, 4) is 0 Å². The lowest BCUT2D eigenvalue weighted by molar-refractivity contribution is -0.120. The molecule has 1 N–H and O–H groups in total. The van der Waals surface area contributed by atoms with Crippen LogP contribution in [0.3, 0.4) is 0 Å². The Morgan fingerprint density at radius 1 is 0.955 bits per heavy atom. The van der Waals surface area contributed by atoms with Crippen molar-refractivity contribution in [2.24, 2.45) is 0 Å². The SMILES string of the molecule is O=C1C=C(NCc2ccccc2Cl)C(=O)N1c1ccccc1. The van der Waals surface area contributed by atoms with E-state index in [1.165, 1.54) is 6.08 Å². The van der Waals surface area contributed by atoms with E-state index in [4.69, 9.17) is 11.6 Å². The molecule has 2 amide bonds. The number of imide groups is 1. The molecule has 0 fully saturated rings. The van der Waals surface area contributed by atoms with Crippen molar-refractivity contribution in [3.05, 3.63) is 77.0 Å². The zero-order valence-corrected chi connectivity index (χ0v) is 12.4. The number of hydrogen-bond acceptors (Lipinski definition) is 3. The molecule has 22 heavy (non-hydrogen) atoms. The lowest BCUT2D eigenvalue weighted by atomic mass is 10.2. The van der Waals surface area contributed by atoms with Crippen molar-refractivity contribution in [1.82, 2.24) is 5.32 Å². The highest BCUT2D eigenvalue weighted by atomic mass is 35.5. The molecule has 0 spiro atoms. The number of para-hydroxylation sites is 1. The topological polar surface area (TPSA) is 49.4 Å². The molecular formula is C17H13ClN2O2. The molecule has 0 bridgehead atoms. The summed E-state index contributed by atoms with van der Waals surface area (Å²) < 4.78 is 0. The first-order valence-corrected chi connectivity index (χ1v) is 7.17. The van der Waals surface area contributed by atoms with E-state index < -0.39 is 0 Å². The fourth-order valence-corrected chi connectivity index (χ4v) is 2.45. The van der Waals surface area contributed by atoms with Crippen LogP contribution in [0.4, 0.5) is 5.69 Å². The van der Waals surface area contributed by atoms with E-state index >= 15 is 0 Å². The Morgan fingerprint density at radius 3 is 2.36 bits per heavy atom. The Balaban J connectivity index is 1.74. The molecule has 1 aliphatic heterocycles. The molecule has 0 radical (unpaired) electrons. The molecule has 1 heterocycles. The molecule has 2 aromatic carbocycles. The van der Waals surface area contributed by atoms with Gasteiger partial charge in [0, 0.05) is 17.6 Å². The summed E-state index contributed by atoms with van der Waals surface area (Å²) in [6.07, 6.45) is 1.31. The van der Waals surface area contributed by atoms with Gasteiger partial charge in [-0.25, -0.2) is 4.90 Å². The summed E-state index contributed by atoms with van der Waals surface area (Å²) >= 11 is 6.08. The number of nitrogens with zero attached hydrogens (tertiary/aromatic N) is 1. The number of rotatable bonds is 4. The standard InChI is InChI=1S/C17H13ClN2O2/c18-14-9-5-4-6-12(14)11-19-15-10-16(21)20(17(15)22)13-7-2-1-3-8-13/h1-10,19H,11H2. The van der Waals surface area contributed by atoms with E-state index in [0.29, 0.717) is 17.3 Å². The third kappa shape index (κ3) is 2.73. The second-order valence-corrected chi connectivity index (χ2v) is 5.22. The minimum absolute atomic E-state index is 0.272. The number of halogens is 1. The van der Waals surface area contributed by atoms with Gasteiger partial charge in [0.05, 0.1) is 5.69 Å². The molecule has 3 rings (SSSR count). The Morgan fingerprint density at radius 2 is 1.64 bits per heavy atom. The quantitative estimate of drug-likeness (QED) is 0.883. The summed E-state index contributed by atoms with van der Waals surface area (Å²) in [5, 5.41) is 3.60. The Bertz CT molecular complexity index is 756. The van der Waals surface area contributed by atoms with E-state index in [-0.39, 0.29) is 17.5 Å². The Hall–Kier alpha value is -2.59. The van der Waals surface area contributed by atoms with Crippen molar-refractivity contribution >= 4 is 29.1 Å². The first-order chi connectivity index (χ1) is 10.7. The first-order valence-electron chi connectivity index (χ1n) is 6.79. The number of hydrogen-bond donors (Lipinski definition) is 1. The van der Waals surface area contributed by atoms with Gasteiger partial charge in [0.25, 0.3) is 11.8 Å². The molecule has 0 atom stereocenters. The highest BCUT2D eigenvalue weighted by Gasteiger charge is 2.32. The van der Waals surface area contributed by atoms with Crippen LogP contribution in [0.2, 0.25) is 5.02 Å². The predicted octanol–water partition coefficient (Wildman–Crippen LogP) is 2.89. The molecule has 4 nitrogen and oxygen atoms in total. The van der Waals surface area contributed by atoms with Gasteiger partial charge < -0.3 is 5.32 Å². The van der Waals surface area contributed by atoms with Gasteiger partial charge >= 0.3 is 0 Å². The maximum atomic E-state index is 12.4. The van der Waals surface area contributed by atoms with E-state index in [1.54, 1.807) is 30.3 Å².